The normalized spacial score (nSPS) is 11.3. The van der Waals surface area contributed by atoms with E-state index >= 15 is 0 Å². The fourth-order valence-corrected chi connectivity index (χ4v) is 1.25. The standard InChI is InChI=1S/C7H5Br3O2S/c8-7(9,10)13-12-11-6-4-2-1-3-5-6/h1-5H. The quantitative estimate of drug-likeness (QED) is 0.328. The molecule has 0 heterocycles. The van der Waals surface area contributed by atoms with E-state index in [1.807, 2.05) is 18.2 Å². The van der Waals surface area contributed by atoms with Crippen LogP contribution in [0.4, 0.5) is 0 Å². The molecule has 0 unspecified atom stereocenters. The van der Waals surface area contributed by atoms with E-state index in [9.17, 15) is 0 Å². The predicted molar refractivity (Wildman–Crippen MR) is 65.3 cm³/mol. The number of alkyl halides is 3. The molecule has 0 saturated heterocycles. The highest BCUT2D eigenvalue weighted by Gasteiger charge is 2.20. The Kier molecular flexibility index (Phi) is 5.10. The highest BCUT2D eigenvalue weighted by Crippen LogP contribution is 2.45. The third-order valence-corrected chi connectivity index (χ3v) is 2.52. The van der Waals surface area contributed by atoms with E-state index in [0.29, 0.717) is 5.75 Å². The lowest BCUT2D eigenvalue weighted by molar-refractivity contribution is -0.0775. The molecule has 0 aliphatic rings. The molecule has 0 N–H and O–H groups in total. The second kappa shape index (κ2) is 5.60. The largest absolute Gasteiger partial charge is 0.325 e. The lowest BCUT2D eigenvalue weighted by Crippen LogP contribution is -1.96. The van der Waals surface area contributed by atoms with Gasteiger partial charge in [-0.2, -0.15) is 0 Å². The van der Waals surface area contributed by atoms with Gasteiger partial charge in [-0.3, -0.25) is 0 Å². The van der Waals surface area contributed by atoms with E-state index in [1.54, 1.807) is 12.1 Å². The van der Waals surface area contributed by atoms with Gasteiger partial charge in [0, 0.05) is 0 Å². The third-order valence-electron chi connectivity index (χ3n) is 1.00. The van der Waals surface area contributed by atoms with Crippen molar-refractivity contribution in [3.8, 4) is 5.75 Å². The summed E-state index contributed by atoms with van der Waals surface area (Å²) >= 11 is 10.8. The number of rotatable bonds is 3. The highest BCUT2D eigenvalue weighted by atomic mass is 80.0. The minimum absolute atomic E-state index is 0.512. The Morgan fingerprint density at radius 3 is 2.23 bits per heavy atom. The molecular weight excluding hydrogens is 388 g/mol. The van der Waals surface area contributed by atoms with Crippen LogP contribution in [0.2, 0.25) is 0 Å². The first-order valence-electron chi connectivity index (χ1n) is 3.22. The van der Waals surface area contributed by atoms with Crippen LogP contribution in [-0.2, 0) is 4.33 Å². The molecule has 0 aromatic heterocycles. The molecule has 0 amide bonds. The highest BCUT2D eigenvalue weighted by molar-refractivity contribution is 9.42. The maximum absolute atomic E-state index is 4.95. The molecule has 13 heavy (non-hydrogen) atoms. The van der Waals surface area contributed by atoms with Crippen LogP contribution in [0.1, 0.15) is 0 Å². The van der Waals surface area contributed by atoms with Gasteiger partial charge in [0.2, 0.25) is 1.47 Å². The molecule has 1 aromatic carbocycles. The molecule has 0 aliphatic heterocycles. The number of hydrogen-bond donors (Lipinski definition) is 0. The Labute approximate surface area is 106 Å². The van der Waals surface area contributed by atoms with Gasteiger partial charge < -0.3 is 4.89 Å². The average Bonchev–Trinajstić information content (AvgIpc) is 2.04. The molecule has 1 rings (SSSR count). The Balaban J connectivity index is 2.29. The summed E-state index contributed by atoms with van der Waals surface area (Å²) in [5.41, 5.74) is 0. The Morgan fingerprint density at radius 2 is 1.69 bits per heavy atom. The van der Waals surface area contributed by atoms with Crippen molar-refractivity contribution in [2.45, 2.75) is 1.47 Å². The van der Waals surface area contributed by atoms with E-state index in [2.05, 4.69) is 47.8 Å². The van der Waals surface area contributed by atoms with E-state index < -0.39 is 1.47 Å². The molecule has 1 aromatic rings. The minimum Gasteiger partial charge on any atom is -0.325 e. The van der Waals surface area contributed by atoms with E-state index in [-0.39, 0.29) is 0 Å². The molecule has 0 atom stereocenters. The summed E-state index contributed by atoms with van der Waals surface area (Å²) in [6.45, 7) is 0. The summed E-state index contributed by atoms with van der Waals surface area (Å²) in [4.78, 5) is 4.95. The van der Waals surface area contributed by atoms with Crippen LogP contribution in [0.5, 0.6) is 5.75 Å². The number of para-hydroxylation sites is 1. The summed E-state index contributed by atoms with van der Waals surface area (Å²) < 4.78 is 4.35. The van der Waals surface area contributed by atoms with Crippen molar-refractivity contribution in [1.29, 1.82) is 0 Å². The van der Waals surface area contributed by atoms with Gasteiger partial charge in [-0.1, -0.05) is 18.2 Å². The molecule has 0 bridgehead atoms. The summed E-state index contributed by atoms with van der Waals surface area (Å²) in [6, 6.07) is 9.25. The van der Waals surface area contributed by atoms with Gasteiger partial charge in [0.25, 0.3) is 0 Å². The van der Waals surface area contributed by atoms with Crippen LogP contribution >= 0.6 is 59.8 Å². The van der Waals surface area contributed by atoms with E-state index in [4.69, 9.17) is 9.22 Å². The Hall–Kier alpha value is 0.770. The second-order valence-electron chi connectivity index (χ2n) is 1.99. The summed E-state index contributed by atoms with van der Waals surface area (Å²) in [6.07, 6.45) is 0. The van der Waals surface area contributed by atoms with Gasteiger partial charge in [-0.25, -0.2) is 0 Å². The minimum atomic E-state index is -0.512. The number of benzene rings is 1. The van der Waals surface area contributed by atoms with E-state index in [1.165, 1.54) is 0 Å². The lowest BCUT2D eigenvalue weighted by atomic mass is 10.3. The van der Waals surface area contributed by atoms with Gasteiger partial charge >= 0.3 is 0 Å². The van der Waals surface area contributed by atoms with Crippen LogP contribution in [0.25, 0.3) is 0 Å². The van der Waals surface area contributed by atoms with Crippen molar-refractivity contribution in [1.82, 2.24) is 0 Å². The Morgan fingerprint density at radius 1 is 1.08 bits per heavy atom. The zero-order valence-corrected chi connectivity index (χ0v) is 11.8. The molecule has 0 aliphatic carbocycles. The van der Waals surface area contributed by atoms with Gasteiger partial charge in [-0.05, 0) is 59.9 Å². The summed E-state index contributed by atoms with van der Waals surface area (Å²) in [5.74, 6) is 0.659. The smallest absolute Gasteiger partial charge is 0.209 e. The third kappa shape index (κ3) is 5.96. The number of hydrogen-bond acceptors (Lipinski definition) is 3. The molecule has 2 nitrogen and oxygen atoms in total. The zero-order chi connectivity index (χ0) is 9.73. The topological polar surface area (TPSA) is 18.5 Å². The molecular formula is C7H5Br3O2S. The van der Waals surface area contributed by atoms with Crippen molar-refractivity contribution in [3.63, 3.8) is 0 Å². The molecule has 0 spiro atoms. The van der Waals surface area contributed by atoms with Crippen LogP contribution in [0.3, 0.4) is 0 Å². The zero-order valence-electron chi connectivity index (χ0n) is 6.25. The average molecular weight is 393 g/mol. The Bertz CT molecular complexity index is 250. The van der Waals surface area contributed by atoms with Crippen molar-refractivity contribution in [2.75, 3.05) is 0 Å². The van der Waals surface area contributed by atoms with Gasteiger partial charge in [0.1, 0.15) is 0 Å². The molecule has 0 saturated carbocycles. The van der Waals surface area contributed by atoms with Gasteiger partial charge in [0.15, 0.2) is 5.75 Å². The van der Waals surface area contributed by atoms with Crippen molar-refractivity contribution >= 4 is 59.8 Å². The SMILES string of the molecule is BrC(Br)(Br)SOOc1ccccc1. The summed E-state index contributed by atoms with van der Waals surface area (Å²) in [7, 11) is 0. The molecule has 0 radical (unpaired) electrons. The van der Waals surface area contributed by atoms with Crippen LogP contribution in [-0.4, -0.2) is 1.47 Å². The second-order valence-corrected chi connectivity index (χ2v) is 11.2. The first-order chi connectivity index (χ1) is 6.08. The summed E-state index contributed by atoms with van der Waals surface area (Å²) in [5, 5.41) is 0. The number of halogens is 3. The van der Waals surface area contributed by atoms with Crippen LogP contribution < -0.4 is 4.89 Å². The monoisotopic (exact) mass is 390 g/mol. The van der Waals surface area contributed by atoms with Gasteiger partial charge in [-0.15, -0.1) is 4.33 Å². The van der Waals surface area contributed by atoms with Crippen molar-refractivity contribution < 1.29 is 9.22 Å². The fraction of sp³-hybridized carbons (Fsp3) is 0.143. The predicted octanol–water partition coefficient (Wildman–Crippen LogP) is 4.44. The van der Waals surface area contributed by atoms with Crippen molar-refractivity contribution in [2.24, 2.45) is 0 Å². The first kappa shape index (κ1) is 11.8. The lowest BCUT2D eigenvalue weighted by Gasteiger charge is -2.09. The maximum Gasteiger partial charge on any atom is 0.209 e. The van der Waals surface area contributed by atoms with Crippen LogP contribution in [0.15, 0.2) is 30.3 Å². The molecule has 72 valence electrons. The molecule has 0 fully saturated rings. The van der Waals surface area contributed by atoms with E-state index in [0.717, 1.165) is 12.0 Å². The maximum atomic E-state index is 4.95. The molecule has 6 heteroatoms. The van der Waals surface area contributed by atoms with Crippen LogP contribution in [0, 0.1) is 0 Å². The first-order valence-corrected chi connectivity index (χ1v) is 6.34. The fourth-order valence-electron chi connectivity index (χ4n) is 0.571. The van der Waals surface area contributed by atoms with Gasteiger partial charge in [0.05, 0.1) is 12.0 Å². The van der Waals surface area contributed by atoms with Crippen molar-refractivity contribution in [3.05, 3.63) is 30.3 Å².